The summed E-state index contributed by atoms with van der Waals surface area (Å²) in [5, 5.41) is 8.72. The Labute approximate surface area is 63.8 Å². The monoisotopic (exact) mass is 155 g/mol. The first kappa shape index (κ1) is 7.59. The van der Waals surface area contributed by atoms with Crippen molar-refractivity contribution in [2.24, 2.45) is 0 Å². The summed E-state index contributed by atoms with van der Waals surface area (Å²) in [6.45, 7) is 0. The number of rotatable bonds is 2. The van der Waals surface area contributed by atoms with Gasteiger partial charge in [0.05, 0.1) is 0 Å². The number of hydrogen-bond donors (Lipinski definition) is 2. The molecule has 0 aliphatic heterocycles. The van der Waals surface area contributed by atoms with E-state index in [1.807, 2.05) is 0 Å². The van der Waals surface area contributed by atoms with Crippen molar-refractivity contribution in [2.45, 2.75) is 0 Å². The number of aromatic nitrogens is 1. The highest BCUT2D eigenvalue weighted by molar-refractivity contribution is 5.91. The zero-order chi connectivity index (χ0) is 8.27. The minimum Gasteiger partial charge on any atom is -0.370 e. The molecule has 1 aromatic rings. The zero-order valence-corrected chi connectivity index (χ0v) is 6.34. The molecule has 1 rings (SSSR count). The Hall–Kier alpha value is -1.52. The Morgan fingerprint density at radius 1 is 1.64 bits per heavy atom. The van der Waals surface area contributed by atoms with E-state index in [-0.39, 0.29) is 11.7 Å². The van der Waals surface area contributed by atoms with Gasteiger partial charge in [0.25, 0.3) is 5.91 Å². The summed E-state index contributed by atoms with van der Waals surface area (Å²) in [4.78, 5) is 10.9. The van der Waals surface area contributed by atoms with Crippen LogP contribution in [-0.4, -0.2) is 25.2 Å². The molecule has 5 heteroatoms. The molecule has 0 aliphatic rings. The predicted molar refractivity (Wildman–Crippen MR) is 39.4 cm³/mol. The van der Waals surface area contributed by atoms with E-state index < -0.39 is 0 Å². The maximum absolute atomic E-state index is 10.9. The van der Waals surface area contributed by atoms with E-state index in [0.29, 0.717) is 5.82 Å². The van der Waals surface area contributed by atoms with Gasteiger partial charge in [0.2, 0.25) is 5.76 Å². The van der Waals surface area contributed by atoms with Gasteiger partial charge in [0.15, 0.2) is 5.82 Å². The summed E-state index contributed by atoms with van der Waals surface area (Å²) < 4.78 is 4.68. The quantitative estimate of drug-likeness (QED) is 0.634. The molecule has 0 aliphatic carbocycles. The number of carbonyl (C=O) groups is 1. The van der Waals surface area contributed by atoms with Crippen molar-refractivity contribution in [3.05, 3.63) is 11.8 Å². The number of carbonyl (C=O) groups excluding carboxylic acids is 1. The molecule has 1 aromatic heterocycles. The Balaban J connectivity index is 2.80. The Morgan fingerprint density at radius 2 is 2.36 bits per heavy atom. The minimum atomic E-state index is -0.279. The highest BCUT2D eigenvalue weighted by atomic mass is 16.5. The lowest BCUT2D eigenvalue weighted by Gasteiger charge is -1.88. The van der Waals surface area contributed by atoms with E-state index in [2.05, 4.69) is 20.3 Å². The lowest BCUT2D eigenvalue weighted by Crippen LogP contribution is -2.16. The van der Waals surface area contributed by atoms with Crippen LogP contribution in [0.15, 0.2) is 10.6 Å². The Morgan fingerprint density at radius 3 is 2.82 bits per heavy atom. The smallest absolute Gasteiger partial charge is 0.289 e. The van der Waals surface area contributed by atoms with Crippen molar-refractivity contribution < 1.29 is 9.32 Å². The van der Waals surface area contributed by atoms with Crippen LogP contribution in [0.5, 0.6) is 0 Å². The number of nitrogens with zero attached hydrogens (tertiary/aromatic N) is 1. The van der Waals surface area contributed by atoms with Crippen molar-refractivity contribution in [1.29, 1.82) is 0 Å². The molecular weight excluding hydrogens is 146 g/mol. The molecule has 0 aromatic carbocycles. The molecule has 5 nitrogen and oxygen atoms in total. The van der Waals surface area contributed by atoms with E-state index in [1.165, 1.54) is 13.1 Å². The van der Waals surface area contributed by atoms with Crippen LogP contribution < -0.4 is 10.6 Å². The Bertz CT molecular complexity index is 256. The first-order chi connectivity index (χ1) is 5.27. The fourth-order valence-corrected chi connectivity index (χ4v) is 0.623. The maximum Gasteiger partial charge on any atom is 0.289 e. The van der Waals surface area contributed by atoms with Gasteiger partial charge in [0.1, 0.15) is 0 Å². The standard InChI is InChI=1S/C6H9N3O2/c1-7-5-3-4(11-9-5)6(10)8-2/h3H,1-2H3,(H,7,9)(H,8,10). The van der Waals surface area contributed by atoms with Crippen LogP contribution in [0, 0.1) is 0 Å². The first-order valence-corrected chi connectivity index (χ1v) is 3.14. The maximum atomic E-state index is 10.9. The molecule has 0 bridgehead atoms. The largest absolute Gasteiger partial charge is 0.370 e. The Kier molecular flexibility index (Phi) is 2.10. The van der Waals surface area contributed by atoms with Gasteiger partial charge >= 0.3 is 0 Å². The van der Waals surface area contributed by atoms with Crippen LogP contribution in [0.4, 0.5) is 5.82 Å². The molecule has 1 amide bonds. The zero-order valence-electron chi connectivity index (χ0n) is 6.34. The van der Waals surface area contributed by atoms with Gasteiger partial charge in [-0.2, -0.15) is 0 Å². The van der Waals surface area contributed by atoms with E-state index in [4.69, 9.17) is 0 Å². The van der Waals surface area contributed by atoms with Crippen molar-refractivity contribution in [2.75, 3.05) is 19.4 Å². The predicted octanol–water partition coefficient (Wildman–Crippen LogP) is 0.0759. The fourth-order valence-electron chi connectivity index (χ4n) is 0.623. The molecule has 0 unspecified atom stereocenters. The van der Waals surface area contributed by atoms with Gasteiger partial charge in [-0.15, -0.1) is 0 Å². The highest BCUT2D eigenvalue weighted by Gasteiger charge is 2.09. The molecule has 0 saturated carbocycles. The third-order valence-corrected chi connectivity index (χ3v) is 1.22. The average Bonchev–Trinajstić information content (AvgIpc) is 2.50. The van der Waals surface area contributed by atoms with Crippen LogP contribution in [-0.2, 0) is 0 Å². The number of hydrogen-bond acceptors (Lipinski definition) is 4. The van der Waals surface area contributed by atoms with Crippen LogP contribution in [0.3, 0.4) is 0 Å². The number of nitrogens with one attached hydrogen (secondary N) is 2. The van der Waals surface area contributed by atoms with Crippen LogP contribution in [0.2, 0.25) is 0 Å². The number of amides is 1. The second-order valence-electron chi connectivity index (χ2n) is 1.91. The summed E-state index contributed by atoms with van der Waals surface area (Å²) in [6.07, 6.45) is 0. The van der Waals surface area contributed by atoms with Crippen molar-refractivity contribution in [3.63, 3.8) is 0 Å². The van der Waals surface area contributed by atoms with Crippen LogP contribution >= 0.6 is 0 Å². The third kappa shape index (κ3) is 1.49. The van der Waals surface area contributed by atoms with Crippen molar-refractivity contribution in [3.8, 4) is 0 Å². The lowest BCUT2D eigenvalue weighted by molar-refractivity contribution is 0.0926. The topological polar surface area (TPSA) is 67.2 Å². The van der Waals surface area contributed by atoms with Gasteiger partial charge in [-0.05, 0) is 0 Å². The molecule has 11 heavy (non-hydrogen) atoms. The molecule has 0 saturated heterocycles. The van der Waals surface area contributed by atoms with Gasteiger partial charge in [-0.25, -0.2) is 0 Å². The molecule has 2 N–H and O–H groups in total. The average molecular weight is 155 g/mol. The molecule has 0 radical (unpaired) electrons. The van der Waals surface area contributed by atoms with Gasteiger partial charge < -0.3 is 15.2 Å². The third-order valence-electron chi connectivity index (χ3n) is 1.22. The fraction of sp³-hybridized carbons (Fsp3) is 0.333. The lowest BCUT2D eigenvalue weighted by atomic mass is 10.4. The van der Waals surface area contributed by atoms with Crippen LogP contribution in [0.1, 0.15) is 10.6 Å². The minimum absolute atomic E-state index is 0.205. The molecule has 60 valence electrons. The molecular formula is C6H9N3O2. The van der Waals surface area contributed by atoms with E-state index in [1.54, 1.807) is 7.05 Å². The second-order valence-corrected chi connectivity index (χ2v) is 1.91. The first-order valence-electron chi connectivity index (χ1n) is 3.14. The van der Waals surface area contributed by atoms with E-state index >= 15 is 0 Å². The second kappa shape index (κ2) is 3.05. The van der Waals surface area contributed by atoms with Crippen molar-refractivity contribution >= 4 is 11.7 Å². The van der Waals surface area contributed by atoms with E-state index in [0.717, 1.165) is 0 Å². The summed E-state index contributed by atoms with van der Waals surface area (Å²) >= 11 is 0. The van der Waals surface area contributed by atoms with Crippen LogP contribution in [0.25, 0.3) is 0 Å². The van der Waals surface area contributed by atoms with Crippen molar-refractivity contribution in [1.82, 2.24) is 10.5 Å². The summed E-state index contributed by atoms with van der Waals surface area (Å²) in [5.74, 6) is 0.472. The normalized spacial score (nSPS) is 9.27. The molecule has 0 spiro atoms. The van der Waals surface area contributed by atoms with Gasteiger partial charge in [-0.3, -0.25) is 4.79 Å². The summed E-state index contributed by atoms with van der Waals surface area (Å²) in [6, 6.07) is 1.53. The highest BCUT2D eigenvalue weighted by Crippen LogP contribution is 2.06. The van der Waals surface area contributed by atoms with E-state index in [9.17, 15) is 4.79 Å². The summed E-state index contributed by atoms with van der Waals surface area (Å²) in [5.41, 5.74) is 0. The number of anilines is 1. The summed E-state index contributed by atoms with van der Waals surface area (Å²) in [7, 11) is 3.23. The SMILES string of the molecule is CNC(=O)c1cc(NC)no1. The van der Waals surface area contributed by atoms with Gasteiger partial charge in [-0.1, -0.05) is 5.16 Å². The molecule has 0 fully saturated rings. The van der Waals surface area contributed by atoms with Gasteiger partial charge in [0, 0.05) is 20.2 Å². The molecule has 0 atom stereocenters. The molecule has 1 heterocycles.